The molecule has 0 bridgehead atoms. The van der Waals surface area contributed by atoms with Crippen molar-refractivity contribution in [1.29, 1.82) is 0 Å². The Morgan fingerprint density at radius 2 is 2.47 bits per heavy atom. The smallest absolute Gasteiger partial charge is 0.342 e. The Hall–Kier alpha value is -1.91. The molecule has 0 radical (unpaired) electrons. The first kappa shape index (κ1) is 9.64. The van der Waals surface area contributed by atoms with E-state index in [1.165, 1.54) is 22.8 Å². The molecule has 0 aromatic carbocycles. The van der Waals surface area contributed by atoms with Gasteiger partial charge in [-0.15, -0.1) is 0 Å². The molecule has 0 spiro atoms. The van der Waals surface area contributed by atoms with Gasteiger partial charge >= 0.3 is 5.97 Å². The molecule has 5 heteroatoms. The minimum Gasteiger partial charge on any atom is -0.462 e. The summed E-state index contributed by atoms with van der Waals surface area (Å²) in [5.41, 5.74) is 0.297. The second-order valence-corrected chi connectivity index (χ2v) is 2.93. The number of nitrogens with zero attached hydrogens (tertiary/aromatic N) is 2. The maximum absolute atomic E-state index is 13.4. The molecule has 4 nitrogen and oxygen atoms in total. The van der Waals surface area contributed by atoms with Crippen LogP contribution < -0.4 is 0 Å². The monoisotopic (exact) mass is 208 g/mol. The van der Waals surface area contributed by atoms with Gasteiger partial charge in [0, 0.05) is 6.20 Å². The first-order chi connectivity index (χ1) is 7.24. The van der Waals surface area contributed by atoms with Crippen molar-refractivity contribution in [2.45, 2.75) is 6.92 Å². The highest BCUT2D eigenvalue weighted by Gasteiger charge is 2.16. The zero-order valence-electron chi connectivity index (χ0n) is 8.11. The van der Waals surface area contributed by atoms with Crippen LogP contribution in [0.15, 0.2) is 24.5 Å². The Morgan fingerprint density at radius 3 is 3.20 bits per heavy atom. The molecular formula is C10H9FN2O2. The van der Waals surface area contributed by atoms with Gasteiger partial charge in [-0.3, -0.25) is 0 Å². The number of rotatable bonds is 2. The van der Waals surface area contributed by atoms with Gasteiger partial charge in [0.2, 0.25) is 0 Å². The van der Waals surface area contributed by atoms with Gasteiger partial charge in [0.05, 0.1) is 12.8 Å². The SMILES string of the molecule is CCOC(=O)c1cnn2cccc(F)c12. The van der Waals surface area contributed by atoms with Gasteiger partial charge in [0.15, 0.2) is 0 Å². The zero-order valence-corrected chi connectivity index (χ0v) is 8.11. The maximum atomic E-state index is 13.4. The van der Waals surface area contributed by atoms with Crippen molar-refractivity contribution in [2.24, 2.45) is 0 Å². The molecule has 78 valence electrons. The number of pyridine rings is 1. The third kappa shape index (κ3) is 1.56. The van der Waals surface area contributed by atoms with Crippen LogP contribution >= 0.6 is 0 Å². The quantitative estimate of drug-likeness (QED) is 0.705. The van der Waals surface area contributed by atoms with Crippen molar-refractivity contribution < 1.29 is 13.9 Å². The lowest BCUT2D eigenvalue weighted by Gasteiger charge is -1.99. The summed E-state index contributed by atoms with van der Waals surface area (Å²) >= 11 is 0. The summed E-state index contributed by atoms with van der Waals surface area (Å²) < 4.78 is 19.5. The van der Waals surface area contributed by atoms with Crippen molar-refractivity contribution in [3.8, 4) is 0 Å². The molecule has 0 N–H and O–H groups in total. The summed E-state index contributed by atoms with van der Waals surface area (Å²) in [6.45, 7) is 1.95. The minimum atomic E-state index is -0.558. The van der Waals surface area contributed by atoms with Crippen molar-refractivity contribution in [3.63, 3.8) is 0 Å². The number of aromatic nitrogens is 2. The van der Waals surface area contributed by atoms with Gasteiger partial charge in [-0.2, -0.15) is 5.10 Å². The van der Waals surface area contributed by atoms with E-state index in [0.717, 1.165) is 0 Å². The lowest BCUT2D eigenvalue weighted by Crippen LogP contribution is -2.04. The van der Waals surface area contributed by atoms with Crippen molar-refractivity contribution >= 4 is 11.5 Å². The fraction of sp³-hybridized carbons (Fsp3) is 0.200. The normalized spacial score (nSPS) is 10.5. The number of carbonyl (C=O) groups excluding carboxylic acids is 1. The molecule has 0 saturated heterocycles. The fourth-order valence-electron chi connectivity index (χ4n) is 1.36. The molecule has 0 saturated carbocycles. The molecule has 2 heterocycles. The van der Waals surface area contributed by atoms with E-state index in [9.17, 15) is 9.18 Å². The van der Waals surface area contributed by atoms with Crippen LogP contribution in [-0.4, -0.2) is 22.2 Å². The third-order valence-corrected chi connectivity index (χ3v) is 1.99. The molecule has 0 atom stereocenters. The molecule has 0 fully saturated rings. The summed E-state index contributed by atoms with van der Waals surface area (Å²) in [5, 5.41) is 3.86. The summed E-state index contributed by atoms with van der Waals surface area (Å²) in [6.07, 6.45) is 2.87. The molecule has 0 unspecified atom stereocenters. The van der Waals surface area contributed by atoms with E-state index in [0.29, 0.717) is 0 Å². The number of carbonyl (C=O) groups is 1. The summed E-state index contributed by atoms with van der Waals surface area (Å²) in [4.78, 5) is 11.4. The Morgan fingerprint density at radius 1 is 1.67 bits per heavy atom. The highest BCUT2D eigenvalue weighted by Crippen LogP contribution is 2.15. The average Bonchev–Trinajstić information content (AvgIpc) is 2.63. The Bertz CT molecular complexity index is 507. The molecule has 0 aliphatic rings. The van der Waals surface area contributed by atoms with Gasteiger partial charge in [-0.05, 0) is 19.1 Å². The van der Waals surface area contributed by atoms with Crippen LogP contribution in [-0.2, 0) is 4.74 Å². The maximum Gasteiger partial charge on any atom is 0.342 e. The second-order valence-electron chi connectivity index (χ2n) is 2.93. The topological polar surface area (TPSA) is 43.6 Å². The van der Waals surface area contributed by atoms with Gasteiger partial charge in [0.1, 0.15) is 16.9 Å². The van der Waals surface area contributed by atoms with Crippen LogP contribution in [0.3, 0.4) is 0 Å². The van der Waals surface area contributed by atoms with Gasteiger partial charge in [0.25, 0.3) is 0 Å². The summed E-state index contributed by atoms with van der Waals surface area (Å²) in [7, 11) is 0. The van der Waals surface area contributed by atoms with E-state index in [1.807, 2.05) is 0 Å². The number of esters is 1. The van der Waals surface area contributed by atoms with E-state index in [2.05, 4.69) is 5.10 Å². The lowest BCUT2D eigenvalue weighted by molar-refractivity contribution is 0.0528. The first-order valence-corrected chi connectivity index (χ1v) is 4.53. The van der Waals surface area contributed by atoms with E-state index in [-0.39, 0.29) is 17.7 Å². The molecule has 0 aliphatic carbocycles. The number of fused-ring (bicyclic) bond motifs is 1. The highest BCUT2D eigenvalue weighted by molar-refractivity contribution is 5.96. The minimum absolute atomic E-state index is 0.148. The Balaban J connectivity index is 2.57. The molecule has 0 amide bonds. The molecule has 2 rings (SSSR count). The average molecular weight is 208 g/mol. The number of ether oxygens (including phenoxy) is 1. The van der Waals surface area contributed by atoms with Crippen LogP contribution in [0.1, 0.15) is 17.3 Å². The number of hydrogen-bond donors (Lipinski definition) is 0. The third-order valence-electron chi connectivity index (χ3n) is 1.99. The van der Waals surface area contributed by atoms with E-state index < -0.39 is 11.8 Å². The van der Waals surface area contributed by atoms with Crippen LogP contribution in [0, 0.1) is 5.82 Å². The number of hydrogen-bond acceptors (Lipinski definition) is 3. The van der Waals surface area contributed by atoms with E-state index in [4.69, 9.17) is 4.74 Å². The largest absolute Gasteiger partial charge is 0.462 e. The van der Waals surface area contributed by atoms with Crippen LogP contribution in [0.2, 0.25) is 0 Å². The Labute approximate surface area is 85.3 Å². The predicted molar refractivity (Wildman–Crippen MR) is 51.1 cm³/mol. The number of halogens is 1. The van der Waals surface area contributed by atoms with Crippen molar-refractivity contribution in [1.82, 2.24) is 9.61 Å². The van der Waals surface area contributed by atoms with Gasteiger partial charge in [-0.25, -0.2) is 13.7 Å². The van der Waals surface area contributed by atoms with E-state index >= 15 is 0 Å². The van der Waals surface area contributed by atoms with Crippen LogP contribution in [0.4, 0.5) is 4.39 Å². The Kier molecular flexibility index (Phi) is 2.37. The highest BCUT2D eigenvalue weighted by atomic mass is 19.1. The summed E-state index contributed by atoms with van der Waals surface area (Å²) in [6, 6.07) is 2.80. The van der Waals surface area contributed by atoms with Crippen molar-refractivity contribution in [3.05, 3.63) is 35.9 Å². The van der Waals surface area contributed by atoms with Crippen molar-refractivity contribution in [2.75, 3.05) is 6.61 Å². The molecule has 2 aromatic heterocycles. The molecule has 0 aliphatic heterocycles. The van der Waals surface area contributed by atoms with Crippen LogP contribution in [0.25, 0.3) is 5.52 Å². The molecule has 2 aromatic rings. The standard InChI is InChI=1S/C10H9FN2O2/c1-2-15-10(14)7-6-12-13-5-3-4-8(11)9(7)13/h3-6H,2H2,1H3. The zero-order chi connectivity index (χ0) is 10.8. The van der Waals surface area contributed by atoms with E-state index in [1.54, 1.807) is 13.1 Å². The van der Waals surface area contributed by atoms with Gasteiger partial charge < -0.3 is 4.74 Å². The fourth-order valence-corrected chi connectivity index (χ4v) is 1.36. The molecular weight excluding hydrogens is 199 g/mol. The predicted octanol–water partition coefficient (Wildman–Crippen LogP) is 1.65. The summed E-state index contributed by atoms with van der Waals surface area (Å²) in [5.74, 6) is -1.05. The second kappa shape index (κ2) is 3.68. The molecule has 15 heavy (non-hydrogen) atoms. The van der Waals surface area contributed by atoms with Crippen LogP contribution in [0.5, 0.6) is 0 Å². The first-order valence-electron chi connectivity index (χ1n) is 4.53. The van der Waals surface area contributed by atoms with Gasteiger partial charge in [-0.1, -0.05) is 0 Å². The lowest BCUT2D eigenvalue weighted by atomic mass is 10.2.